The van der Waals surface area contributed by atoms with Crippen molar-refractivity contribution < 1.29 is 9.72 Å². The van der Waals surface area contributed by atoms with Gasteiger partial charge in [0.1, 0.15) is 0 Å². The van der Waals surface area contributed by atoms with Crippen LogP contribution < -0.4 is 4.90 Å². The van der Waals surface area contributed by atoms with Crippen LogP contribution in [0.3, 0.4) is 0 Å². The minimum Gasteiger partial charge on any atom is -0.368 e. The van der Waals surface area contributed by atoms with Gasteiger partial charge in [-0.05, 0) is 17.5 Å². The second-order valence-electron chi connectivity index (χ2n) is 5.40. The maximum Gasteiger partial charge on any atom is 0.271 e. The maximum absolute atomic E-state index is 12.3. The van der Waals surface area contributed by atoms with E-state index >= 15 is 0 Å². The molecular weight excluding hydrogens is 314 g/mol. The summed E-state index contributed by atoms with van der Waals surface area (Å²) in [5.41, 5.74) is 0.934. The Kier molecular flexibility index (Phi) is 4.57. The lowest BCUT2D eigenvalue weighted by Gasteiger charge is -2.36. The third-order valence-corrected chi connectivity index (χ3v) is 4.82. The summed E-state index contributed by atoms with van der Waals surface area (Å²) in [6.45, 7) is 2.68. The molecule has 1 amide bonds. The molecule has 0 atom stereocenters. The number of nitro groups is 1. The number of carbonyl (C=O) groups is 1. The first kappa shape index (κ1) is 15.5. The number of anilines is 1. The van der Waals surface area contributed by atoms with Crippen LogP contribution in [0.5, 0.6) is 0 Å². The zero-order chi connectivity index (χ0) is 16.2. The Balaban J connectivity index is 1.59. The highest BCUT2D eigenvalue weighted by molar-refractivity contribution is 7.10. The lowest BCUT2D eigenvalue weighted by Crippen LogP contribution is -2.49. The quantitative estimate of drug-likeness (QED) is 0.638. The normalized spacial score (nSPS) is 14.8. The largest absolute Gasteiger partial charge is 0.368 e. The van der Waals surface area contributed by atoms with E-state index in [0.29, 0.717) is 32.6 Å². The molecule has 1 saturated heterocycles. The molecule has 3 rings (SSSR count). The second-order valence-corrected chi connectivity index (χ2v) is 6.43. The summed E-state index contributed by atoms with van der Waals surface area (Å²) in [6.07, 6.45) is 0.453. The van der Waals surface area contributed by atoms with Gasteiger partial charge in [0.15, 0.2) is 0 Å². The third kappa shape index (κ3) is 3.68. The number of rotatable bonds is 4. The van der Waals surface area contributed by atoms with Gasteiger partial charge in [0, 0.05) is 48.9 Å². The van der Waals surface area contributed by atoms with Crippen LogP contribution in [-0.4, -0.2) is 41.9 Å². The van der Waals surface area contributed by atoms with Crippen molar-refractivity contribution in [1.29, 1.82) is 0 Å². The summed E-state index contributed by atoms with van der Waals surface area (Å²) in [6, 6.07) is 10.6. The minimum atomic E-state index is -0.385. The van der Waals surface area contributed by atoms with Gasteiger partial charge in [-0.15, -0.1) is 11.3 Å². The number of nitrogens with zero attached hydrogens (tertiary/aromatic N) is 3. The number of hydrogen-bond donors (Lipinski definition) is 0. The van der Waals surface area contributed by atoms with E-state index in [9.17, 15) is 14.9 Å². The molecule has 0 saturated carbocycles. The van der Waals surface area contributed by atoms with Crippen LogP contribution in [0, 0.1) is 10.1 Å². The number of amides is 1. The molecule has 1 fully saturated rings. The van der Waals surface area contributed by atoms with Crippen LogP contribution in [0.4, 0.5) is 11.4 Å². The molecule has 0 N–H and O–H groups in total. The van der Waals surface area contributed by atoms with Gasteiger partial charge >= 0.3 is 0 Å². The Morgan fingerprint density at radius 1 is 1.17 bits per heavy atom. The first-order valence-corrected chi connectivity index (χ1v) is 8.31. The van der Waals surface area contributed by atoms with E-state index in [0.717, 1.165) is 10.6 Å². The van der Waals surface area contributed by atoms with E-state index in [1.54, 1.807) is 23.5 Å². The van der Waals surface area contributed by atoms with E-state index < -0.39 is 0 Å². The highest BCUT2D eigenvalue weighted by Crippen LogP contribution is 2.22. The molecule has 0 aliphatic carbocycles. The average molecular weight is 331 g/mol. The average Bonchev–Trinajstić information content (AvgIpc) is 3.08. The molecule has 1 aromatic heterocycles. The van der Waals surface area contributed by atoms with Crippen LogP contribution >= 0.6 is 11.3 Å². The van der Waals surface area contributed by atoms with E-state index in [-0.39, 0.29) is 16.5 Å². The first-order valence-electron chi connectivity index (χ1n) is 7.43. The standard InChI is InChI=1S/C16H17N3O3S/c20-16(12-15-5-2-10-23-15)18-8-6-17(7-9-18)13-3-1-4-14(11-13)19(21)22/h1-5,10-11H,6-9,12H2. The Labute approximate surface area is 138 Å². The smallest absolute Gasteiger partial charge is 0.271 e. The fraction of sp³-hybridized carbons (Fsp3) is 0.312. The highest BCUT2D eigenvalue weighted by Gasteiger charge is 2.22. The zero-order valence-corrected chi connectivity index (χ0v) is 13.4. The molecule has 0 spiro atoms. The third-order valence-electron chi connectivity index (χ3n) is 3.94. The van der Waals surface area contributed by atoms with Crippen molar-refractivity contribution in [3.8, 4) is 0 Å². The van der Waals surface area contributed by atoms with E-state index in [1.165, 1.54) is 6.07 Å². The first-order chi connectivity index (χ1) is 11.1. The number of nitro benzene ring substituents is 1. The van der Waals surface area contributed by atoms with Gasteiger partial charge in [0.05, 0.1) is 11.3 Å². The van der Waals surface area contributed by atoms with Crippen molar-refractivity contribution in [3.63, 3.8) is 0 Å². The molecule has 1 aromatic carbocycles. The molecule has 2 heterocycles. The Morgan fingerprint density at radius 3 is 2.61 bits per heavy atom. The zero-order valence-electron chi connectivity index (χ0n) is 12.6. The molecule has 23 heavy (non-hydrogen) atoms. The van der Waals surface area contributed by atoms with E-state index in [4.69, 9.17) is 0 Å². The van der Waals surface area contributed by atoms with Gasteiger partial charge < -0.3 is 9.80 Å². The molecule has 1 aliphatic rings. The van der Waals surface area contributed by atoms with Gasteiger partial charge in [0.2, 0.25) is 5.91 Å². The van der Waals surface area contributed by atoms with Crippen LogP contribution in [0.1, 0.15) is 4.88 Å². The monoisotopic (exact) mass is 331 g/mol. The Bertz CT molecular complexity index is 694. The number of carbonyl (C=O) groups excluding carboxylic acids is 1. The molecule has 0 bridgehead atoms. The highest BCUT2D eigenvalue weighted by atomic mass is 32.1. The lowest BCUT2D eigenvalue weighted by molar-refractivity contribution is -0.384. The maximum atomic E-state index is 12.3. The summed E-state index contributed by atoms with van der Waals surface area (Å²) >= 11 is 1.60. The topological polar surface area (TPSA) is 66.7 Å². The van der Waals surface area contributed by atoms with E-state index in [2.05, 4.69) is 4.90 Å². The predicted molar refractivity (Wildman–Crippen MR) is 89.9 cm³/mol. The van der Waals surface area contributed by atoms with Crippen LogP contribution in [-0.2, 0) is 11.2 Å². The van der Waals surface area contributed by atoms with Crippen LogP contribution in [0.2, 0.25) is 0 Å². The van der Waals surface area contributed by atoms with Crippen molar-refractivity contribution in [2.75, 3.05) is 31.1 Å². The van der Waals surface area contributed by atoms with Crippen molar-refractivity contribution in [3.05, 3.63) is 56.8 Å². The minimum absolute atomic E-state index is 0.0960. The summed E-state index contributed by atoms with van der Waals surface area (Å²) in [5, 5.41) is 12.8. The fourth-order valence-electron chi connectivity index (χ4n) is 2.69. The van der Waals surface area contributed by atoms with Crippen LogP contribution in [0.15, 0.2) is 41.8 Å². The summed E-state index contributed by atoms with van der Waals surface area (Å²) in [5.74, 6) is 0.145. The van der Waals surface area contributed by atoms with Gasteiger partial charge in [-0.3, -0.25) is 14.9 Å². The Hall–Kier alpha value is -2.41. The fourth-order valence-corrected chi connectivity index (χ4v) is 3.39. The molecule has 0 unspecified atom stereocenters. The SMILES string of the molecule is O=C(Cc1cccs1)N1CCN(c2cccc([N+](=O)[O-])c2)CC1. The lowest BCUT2D eigenvalue weighted by atomic mass is 10.2. The summed E-state index contributed by atoms with van der Waals surface area (Å²) in [7, 11) is 0. The molecular formula is C16H17N3O3S. The molecule has 7 heteroatoms. The number of non-ortho nitro benzene ring substituents is 1. The predicted octanol–water partition coefficient (Wildman–Crippen LogP) is 2.55. The second kappa shape index (κ2) is 6.78. The molecule has 120 valence electrons. The van der Waals surface area contributed by atoms with Gasteiger partial charge in [-0.1, -0.05) is 12.1 Å². The van der Waals surface area contributed by atoms with Crippen molar-refractivity contribution in [2.24, 2.45) is 0 Å². The van der Waals surface area contributed by atoms with Gasteiger partial charge in [-0.25, -0.2) is 0 Å². The summed E-state index contributed by atoms with van der Waals surface area (Å²) < 4.78 is 0. The van der Waals surface area contributed by atoms with Crippen molar-refractivity contribution in [2.45, 2.75) is 6.42 Å². The molecule has 2 aromatic rings. The summed E-state index contributed by atoms with van der Waals surface area (Å²) in [4.78, 5) is 27.8. The molecule has 0 radical (unpaired) electrons. The number of piperazine rings is 1. The van der Waals surface area contributed by atoms with Gasteiger partial charge in [-0.2, -0.15) is 0 Å². The number of thiophene rings is 1. The number of hydrogen-bond acceptors (Lipinski definition) is 5. The van der Waals surface area contributed by atoms with Crippen molar-refractivity contribution >= 4 is 28.6 Å². The van der Waals surface area contributed by atoms with E-state index in [1.807, 2.05) is 28.5 Å². The number of benzene rings is 1. The van der Waals surface area contributed by atoms with Crippen LogP contribution in [0.25, 0.3) is 0 Å². The molecule has 6 nitrogen and oxygen atoms in total. The van der Waals surface area contributed by atoms with Gasteiger partial charge in [0.25, 0.3) is 5.69 Å². The van der Waals surface area contributed by atoms with Crippen molar-refractivity contribution in [1.82, 2.24) is 4.90 Å². The molecule has 1 aliphatic heterocycles. The Morgan fingerprint density at radius 2 is 1.96 bits per heavy atom.